The molecule has 11 N–H and O–H groups in total. The van der Waals surface area contributed by atoms with Crippen molar-refractivity contribution in [2.45, 2.75) is 75.7 Å². The number of carbonyl (C=O) groups is 5. The molecular weight excluding hydrogens is 478 g/mol. The molecule has 3 amide bonds. The van der Waals surface area contributed by atoms with E-state index in [4.69, 9.17) is 16.6 Å². The zero-order valence-electron chi connectivity index (χ0n) is 20.0. The Bertz CT molecular complexity index is 878. The SMILES string of the molecule is CC(O)C(NC(=O)C(Cc1cnc[nH]1)NC(=O)C(N)CCCCN)C(=O)NC(CCC(=O)O)C(=O)O. The molecule has 0 aliphatic rings. The van der Waals surface area contributed by atoms with Gasteiger partial charge in [0, 0.05) is 24.7 Å². The van der Waals surface area contributed by atoms with Gasteiger partial charge in [0.05, 0.1) is 18.5 Å². The summed E-state index contributed by atoms with van der Waals surface area (Å²) in [6.07, 6.45) is 2.01. The van der Waals surface area contributed by atoms with Gasteiger partial charge in [-0.15, -0.1) is 0 Å². The fourth-order valence-corrected chi connectivity index (χ4v) is 3.19. The summed E-state index contributed by atoms with van der Waals surface area (Å²) < 4.78 is 0. The molecule has 0 aliphatic heterocycles. The summed E-state index contributed by atoms with van der Waals surface area (Å²) in [6, 6.07) is -5.27. The van der Waals surface area contributed by atoms with Gasteiger partial charge < -0.3 is 47.7 Å². The predicted molar refractivity (Wildman–Crippen MR) is 125 cm³/mol. The summed E-state index contributed by atoms with van der Waals surface area (Å²) in [5, 5.41) is 35.1. The minimum atomic E-state index is -1.59. The van der Waals surface area contributed by atoms with Gasteiger partial charge in [-0.1, -0.05) is 6.42 Å². The Balaban J connectivity index is 2.96. The quantitative estimate of drug-likeness (QED) is 0.0960. The molecule has 0 saturated carbocycles. The van der Waals surface area contributed by atoms with Crippen LogP contribution in [0.1, 0.15) is 44.7 Å². The lowest BCUT2D eigenvalue weighted by Gasteiger charge is -2.26. The van der Waals surface area contributed by atoms with Crippen LogP contribution < -0.4 is 27.4 Å². The van der Waals surface area contributed by atoms with Crippen molar-refractivity contribution in [3.8, 4) is 0 Å². The van der Waals surface area contributed by atoms with E-state index >= 15 is 0 Å². The zero-order valence-corrected chi connectivity index (χ0v) is 20.0. The third-order valence-corrected chi connectivity index (χ3v) is 5.24. The third kappa shape index (κ3) is 10.8. The Kier molecular flexibility index (Phi) is 13.1. The minimum Gasteiger partial charge on any atom is -0.481 e. The maximum atomic E-state index is 13.0. The topological polar surface area (TPSA) is 263 Å². The van der Waals surface area contributed by atoms with E-state index in [1.165, 1.54) is 19.4 Å². The standard InChI is InChI=1S/C21H35N7O8/c1-11(29)17(20(34)26-14(21(35)36)5-6-16(30)31)28-19(33)15(8-12-9-24-10-25-12)27-18(32)13(23)4-2-3-7-22/h9-11,13-15,17,29H,2-8,22-23H2,1H3,(H,24,25)(H,26,34)(H,27,32)(H,28,33)(H,30,31)(H,35,36). The van der Waals surface area contributed by atoms with Crippen LogP contribution >= 0.6 is 0 Å². The first-order valence-electron chi connectivity index (χ1n) is 11.4. The Morgan fingerprint density at radius 3 is 2.19 bits per heavy atom. The van der Waals surface area contributed by atoms with Crippen LogP contribution in [0.15, 0.2) is 12.5 Å². The number of hydrogen-bond donors (Lipinski definition) is 9. The van der Waals surface area contributed by atoms with Gasteiger partial charge in [0.2, 0.25) is 17.7 Å². The third-order valence-electron chi connectivity index (χ3n) is 5.24. The van der Waals surface area contributed by atoms with E-state index < -0.39 is 72.8 Å². The number of nitrogens with two attached hydrogens (primary N) is 2. The second kappa shape index (κ2) is 15.4. The number of carbonyl (C=O) groups excluding carboxylic acids is 3. The number of amides is 3. The van der Waals surface area contributed by atoms with E-state index in [0.717, 1.165) is 0 Å². The number of rotatable bonds is 17. The number of carboxylic acid groups (broad SMARTS) is 2. The van der Waals surface area contributed by atoms with Crippen molar-refractivity contribution in [1.29, 1.82) is 0 Å². The second-order valence-corrected chi connectivity index (χ2v) is 8.29. The van der Waals surface area contributed by atoms with Gasteiger partial charge in [0.1, 0.15) is 18.1 Å². The largest absolute Gasteiger partial charge is 0.481 e. The molecule has 36 heavy (non-hydrogen) atoms. The van der Waals surface area contributed by atoms with Crippen LogP contribution in [0.2, 0.25) is 0 Å². The van der Waals surface area contributed by atoms with Crippen molar-refractivity contribution < 1.29 is 39.3 Å². The van der Waals surface area contributed by atoms with Crippen molar-refractivity contribution in [3.05, 3.63) is 18.2 Å². The number of hydrogen-bond acceptors (Lipinski definition) is 9. The van der Waals surface area contributed by atoms with E-state index in [9.17, 15) is 34.2 Å². The van der Waals surface area contributed by atoms with Crippen molar-refractivity contribution in [2.75, 3.05) is 6.54 Å². The second-order valence-electron chi connectivity index (χ2n) is 8.29. The van der Waals surface area contributed by atoms with Gasteiger partial charge in [0.25, 0.3) is 0 Å². The normalized spacial score (nSPS) is 15.1. The number of aromatic amines is 1. The van der Waals surface area contributed by atoms with Crippen LogP contribution in [-0.4, -0.2) is 91.8 Å². The first kappa shape index (κ1) is 30.5. The lowest BCUT2D eigenvalue weighted by Crippen LogP contribution is -2.60. The number of nitrogens with one attached hydrogen (secondary N) is 4. The number of H-pyrrole nitrogens is 1. The summed E-state index contributed by atoms with van der Waals surface area (Å²) in [4.78, 5) is 67.1. The van der Waals surface area contributed by atoms with Crippen LogP contribution in [0.4, 0.5) is 0 Å². The van der Waals surface area contributed by atoms with E-state index in [0.29, 0.717) is 31.5 Å². The summed E-state index contributed by atoms with van der Waals surface area (Å²) in [5.41, 5.74) is 11.8. The number of aromatic nitrogens is 2. The Labute approximate surface area is 207 Å². The summed E-state index contributed by atoms with van der Waals surface area (Å²) >= 11 is 0. The van der Waals surface area contributed by atoms with Gasteiger partial charge in [0.15, 0.2) is 0 Å². The highest BCUT2D eigenvalue weighted by Gasteiger charge is 2.33. The number of aliphatic carboxylic acids is 2. The first-order valence-corrected chi connectivity index (χ1v) is 11.4. The Morgan fingerprint density at radius 2 is 1.67 bits per heavy atom. The lowest BCUT2D eigenvalue weighted by atomic mass is 10.1. The number of carboxylic acids is 2. The Morgan fingerprint density at radius 1 is 1.00 bits per heavy atom. The fraction of sp³-hybridized carbons (Fsp3) is 0.619. The maximum absolute atomic E-state index is 13.0. The molecule has 5 unspecified atom stereocenters. The molecule has 15 heteroatoms. The van der Waals surface area contributed by atoms with Gasteiger partial charge in [-0.3, -0.25) is 19.2 Å². The minimum absolute atomic E-state index is 0.0440. The van der Waals surface area contributed by atoms with Crippen molar-refractivity contribution in [3.63, 3.8) is 0 Å². The molecule has 0 bridgehead atoms. The van der Waals surface area contributed by atoms with Gasteiger partial charge in [-0.2, -0.15) is 0 Å². The molecule has 0 aromatic carbocycles. The van der Waals surface area contributed by atoms with E-state index in [1.807, 2.05) is 0 Å². The monoisotopic (exact) mass is 513 g/mol. The molecular formula is C21H35N7O8. The molecule has 202 valence electrons. The van der Waals surface area contributed by atoms with Gasteiger partial charge in [-0.25, -0.2) is 9.78 Å². The number of unbranched alkanes of at least 4 members (excludes halogenated alkanes) is 1. The van der Waals surface area contributed by atoms with Crippen LogP contribution in [-0.2, 0) is 30.4 Å². The van der Waals surface area contributed by atoms with Crippen LogP contribution in [0, 0.1) is 0 Å². The molecule has 0 saturated heterocycles. The van der Waals surface area contributed by atoms with E-state index in [1.54, 1.807) is 0 Å². The molecule has 15 nitrogen and oxygen atoms in total. The maximum Gasteiger partial charge on any atom is 0.326 e. The molecule has 1 rings (SSSR count). The highest BCUT2D eigenvalue weighted by atomic mass is 16.4. The zero-order chi connectivity index (χ0) is 27.3. The lowest BCUT2D eigenvalue weighted by molar-refractivity contribution is -0.144. The first-order chi connectivity index (χ1) is 17.0. The molecule has 5 atom stereocenters. The molecule has 1 aromatic heterocycles. The highest BCUT2D eigenvalue weighted by Crippen LogP contribution is 2.05. The van der Waals surface area contributed by atoms with Crippen molar-refractivity contribution in [1.82, 2.24) is 25.9 Å². The highest BCUT2D eigenvalue weighted by molar-refractivity contribution is 5.94. The number of nitrogens with zero attached hydrogens (tertiary/aromatic N) is 1. The number of aliphatic hydroxyl groups is 1. The van der Waals surface area contributed by atoms with E-state index in [-0.39, 0.29) is 6.42 Å². The molecule has 0 fully saturated rings. The van der Waals surface area contributed by atoms with Crippen molar-refractivity contribution >= 4 is 29.7 Å². The fourth-order valence-electron chi connectivity index (χ4n) is 3.19. The summed E-state index contributed by atoms with van der Waals surface area (Å²) in [7, 11) is 0. The smallest absolute Gasteiger partial charge is 0.326 e. The van der Waals surface area contributed by atoms with Gasteiger partial charge >= 0.3 is 11.9 Å². The molecule has 1 heterocycles. The Hall–Kier alpha value is -3.56. The van der Waals surface area contributed by atoms with Crippen LogP contribution in [0.5, 0.6) is 0 Å². The molecule has 0 radical (unpaired) electrons. The van der Waals surface area contributed by atoms with Gasteiger partial charge in [-0.05, 0) is 32.7 Å². The van der Waals surface area contributed by atoms with E-state index in [2.05, 4.69) is 25.9 Å². The average molecular weight is 514 g/mol. The molecule has 1 aromatic rings. The van der Waals surface area contributed by atoms with Crippen LogP contribution in [0.3, 0.4) is 0 Å². The number of imidazole rings is 1. The van der Waals surface area contributed by atoms with Crippen molar-refractivity contribution in [2.24, 2.45) is 11.5 Å². The summed E-state index contributed by atoms with van der Waals surface area (Å²) in [5.74, 6) is -5.22. The average Bonchev–Trinajstić information content (AvgIpc) is 3.32. The molecule has 0 aliphatic carbocycles. The molecule has 0 spiro atoms. The number of aliphatic hydroxyl groups excluding tert-OH is 1. The van der Waals surface area contributed by atoms with Crippen LogP contribution in [0.25, 0.3) is 0 Å². The summed E-state index contributed by atoms with van der Waals surface area (Å²) in [6.45, 7) is 1.65. The predicted octanol–water partition coefficient (Wildman–Crippen LogP) is -2.81.